The number of hydrogen-bond acceptors (Lipinski definition) is 3. The Balaban J connectivity index is 1.87. The van der Waals surface area contributed by atoms with Gasteiger partial charge in [-0.3, -0.25) is 4.79 Å². The molecule has 0 radical (unpaired) electrons. The maximum Gasteiger partial charge on any atom is 0.189 e. The van der Waals surface area contributed by atoms with Gasteiger partial charge in [0, 0.05) is 23.2 Å². The van der Waals surface area contributed by atoms with Crippen LogP contribution in [0, 0.1) is 0 Å². The first-order chi connectivity index (χ1) is 10.7. The van der Waals surface area contributed by atoms with Crippen molar-refractivity contribution in [1.29, 1.82) is 0 Å². The van der Waals surface area contributed by atoms with E-state index in [1.807, 2.05) is 30.5 Å². The van der Waals surface area contributed by atoms with Gasteiger partial charge < -0.3 is 14.8 Å². The van der Waals surface area contributed by atoms with E-state index < -0.39 is 0 Å². The van der Waals surface area contributed by atoms with Gasteiger partial charge in [0.15, 0.2) is 5.78 Å². The van der Waals surface area contributed by atoms with Crippen LogP contribution >= 0.6 is 0 Å². The topological polar surface area (TPSA) is 62.3 Å². The largest absolute Gasteiger partial charge is 0.507 e. The van der Waals surface area contributed by atoms with Crippen molar-refractivity contribution in [3.63, 3.8) is 0 Å². The number of benzene rings is 2. The second-order valence-corrected chi connectivity index (χ2v) is 4.87. The highest BCUT2D eigenvalue weighted by atomic mass is 16.5. The smallest absolute Gasteiger partial charge is 0.189 e. The fourth-order valence-corrected chi connectivity index (χ4v) is 2.33. The van der Waals surface area contributed by atoms with Gasteiger partial charge in [0.1, 0.15) is 11.5 Å². The predicted octanol–water partition coefficient (Wildman–Crippen LogP) is 3.78. The number of aromatic nitrogens is 1. The molecule has 4 nitrogen and oxygen atoms in total. The standard InChI is InChI=1S/C18H15NO3/c1-22-13-7-8-15(18(21)10-13)17(20)9-6-12-11-19-16-5-3-2-4-14(12)16/h2-11,19,21H,1H3. The number of rotatable bonds is 4. The SMILES string of the molecule is COc1ccc(C(=O)C=Cc2c[nH]c3ccccc23)c(O)c1. The summed E-state index contributed by atoms with van der Waals surface area (Å²) in [5, 5.41) is 10.9. The van der Waals surface area contributed by atoms with Gasteiger partial charge in [-0.1, -0.05) is 18.2 Å². The minimum absolute atomic E-state index is 0.0899. The molecule has 0 amide bonds. The van der Waals surface area contributed by atoms with Gasteiger partial charge in [0.25, 0.3) is 0 Å². The van der Waals surface area contributed by atoms with E-state index in [9.17, 15) is 9.90 Å². The Morgan fingerprint density at radius 3 is 2.82 bits per heavy atom. The number of ketones is 1. The van der Waals surface area contributed by atoms with Crippen molar-refractivity contribution in [3.8, 4) is 11.5 Å². The van der Waals surface area contributed by atoms with Crippen molar-refractivity contribution >= 4 is 22.8 Å². The van der Waals surface area contributed by atoms with Crippen LogP contribution in [0.15, 0.2) is 54.7 Å². The minimum atomic E-state index is -0.259. The highest BCUT2D eigenvalue weighted by molar-refractivity contribution is 6.09. The fourth-order valence-electron chi connectivity index (χ4n) is 2.33. The quantitative estimate of drug-likeness (QED) is 0.568. The van der Waals surface area contributed by atoms with E-state index in [1.165, 1.54) is 19.3 Å². The van der Waals surface area contributed by atoms with Gasteiger partial charge in [-0.2, -0.15) is 0 Å². The highest BCUT2D eigenvalue weighted by Crippen LogP contribution is 2.25. The Labute approximate surface area is 127 Å². The summed E-state index contributed by atoms with van der Waals surface area (Å²) in [5.41, 5.74) is 2.19. The van der Waals surface area contributed by atoms with Crippen LogP contribution in [0.4, 0.5) is 0 Å². The van der Waals surface area contributed by atoms with Crippen LogP contribution in [0.5, 0.6) is 11.5 Å². The third-order valence-corrected chi connectivity index (χ3v) is 3.51. The molecule has 0 aliphatic rings. The van der Waals surface area contributed by atoms with E-state index in [4.69, 9.17) is 4.74 Å². The molecule has 1 aromatic heterocycles. The molecule has 0 unspecified atom stereocenters. The van der Waals surface area contributed by atoms with E-state index in [0.29, 0.717) is 5.75 Å². The van der Waals surface area contributed by atoms with Crippen molar-refractivity contribution in [1.82, 2.24) is 4.98 Å². The molecule has 0 saturated carbocycles. The van der Waals surface area contributed by atoms with Crippen molar-refractivity contribution in [2.75, 3.05) is 7.11 Å². The number of aromatic hydroxyl groups is 1. The van der Waals surface area contributed by atoms with E-state index in [1.54, 1.807) is 18.2 Å². The average molecular weight is 293 g/mol. The summed E-state index contributed by atoms with van der Waals surface area (Å²) in [4.78, 5) is 15.3. The number of methoxy groups -OCH3 is 1. The number of hydrogen-bond donors (Lipinski definition) is 2. The van der Waals surface area contributed by atoms with Crippen molar-refractivity contribution in [2.45, 2.75) is 0 Å². The zero-order valence-electron chi connectivity index (χ0n) is 12.0. The van der Waals surface area contributed by atoms with Gasteiger partial charge in [-0.15, -0.1) is 0 Å². The molecule has 3 aromatic rings. The number of nitrogens with one attached hydrogen (secondary N) is 1. The number of phenols is 1. The van der Waals surface area contributed by atoms with Gasteiger partial charge in [0.2, 0.25) is 0 Å². The average Bonchev–Trinajstić information content (AvgIpc) is 2.95. The lowest BCUT2D eigenvalue weighted by Gasteiger charge is -2.03. The molecular weight excluding hydrogens is 278 g/mol. The number of para-hydroxylation sites is 1. The highest BCUT2D eigenvalue weighted by Gasteiger charge is 2.09. The first-order valence-corrected chi connectivity index (χ1v) is 6.84. The molecule has 0 spiro atoms. The lowest BCUT2D eigenvalue weighted by molar-refractivity contribution is 0.104. The molecule has 110 valence electrons. The second-order valence-electron chi connectivity index (χ2n) is 4.87. The van der Waals surface area contributed by atoms with Gasteiger partial charge in [-0.25, -0.2) is 0 Å². The van der Waals surface area contributed by atoms with Crippen LogP contribution < -0.4 is 4.74 Å². The maximum atomic E-state index is 12.2. The summed E-state index contributed by atoms with van der Waals surface area (Å²) < 4.78 is 5.00. The summed E-state index contributed by atoms with van der Waals surface area (Å²) in [6.07, 6.45) is 5.05. The summed E-state index contributed by atoms with van der Waals surface area (Å²) in [5.74, 6) is 0.160. The third-order valence-electron chi connectivity index (χ3n) is 3.51. The first kappa shape index (κ1) is 13.9. The summed E-state index contributed by atoms with van der Waals surface area (Å²) in [7, 11) is 1.51. The molecule has 2 N–H and O–H groups in total. The number of aromatic amines is 1. The van der Waals surface area contributed by atoms with Gasteiger partial charge in [-0.05, 0) is 35.9 Å². The van der Waals surface area contributed by atoms with Crippen LogP contribution in [-0.4, -0.2) is 23.0 Å². The zero-order chi connectivity index (χ0) is 15.5. The number of phenolic OH excluding ortho intramolecular Hbond substituents is 1. The summed E-state index contributed by atoms with van der Waals surface area (Å²) in [6, 6.07) is 12.5. The molecule has 22 heavy (non-hydrogen) atoms. The fraction of sp³-hybridized carbons (Fsp3) is 0.0556. The Kier molecular flexibility index (Phi) is 3.66. The Morgan fingerprint density at radius 2 is 2.05 bits per heavy atom. The van der Waals surface area contributed by atoms with Crippen LogP contribution in [0.1, 0.15) is 15.9 Å². The van der Waals surface area contributed by atoms with Gasteiger partial charge in [0.05, 0.1) is 12.7 Å². The zero-order valence-corrected chi connectivity index (χ0v) is 12.0. The lowest BCUT2D eigenvalue weighted by Crippen LogP contribution is -1.95. The predicted molar refractivity (Wildman–Crippen MR) is 86.3 cm³/mol. The molecule has 0 atom stereocenters. The number of carbonyl (C=O) groups excluding carboxylic acids is 1. The molecule has 0 saturated heterocycles. The number of H-pyrrole nitrogens is 1. The molecular formula is C18H15NO3. The van der Waals surface area contributed by atoms with E-state index in [-0.39, 0.29) is 17.1 Å². The summed E-state index contributed by atoms with van der Waals surface area (Å²) in [6.45, 7) is 0. The number of carbonyl (C=O) groups is 1. The van der Waals surface area contributed by atoms with Crippen LogP contribution in [-0.2, 0) is 0 Å². The number of fused-ring (bicyclic) bond motifs is 1. The Hall–Kier alpha value is -3.01. The molecule has 1 heterocycles. The lowest BCUT2D eigenvalue weighted by atomic mass is 10.1. The molecule has 0 bridgehead atoms. The van der Waals surface area contributed by atoms with Crippen molar-refractivity contribution in [2.24, 2.45) is 0 Å². The number of allylic oxidation sites excluding steroid dienone is 1. The van der Waals surface area contributed by atoms with Crippen LogP contribution in [0.25, 0.3) is 17.0 Å². The number of ether oxygens (including phenoxy) is 1. The molecule has 3 rings (SSSR count). The van der Waals surface area contributed by atoms with Gasteiger partial charge >= 0.3 is 0 Å². The van der Waals surface area contributed by atoms with Crippen LogP contribution in [0.2, 0.25) is 0 Å². The van der Waals surface area contributed by atoms with E-state index in [2.05, 4.69) is 4.98 Å². The molecule has 0 aliphatic carbocycles. The van der Waals surface area contributed by atoms with Crippen molar-refractivity contribution in [3.05, 3.63) is 65.9 Å². The molecule has 0 fully saturated rings. The Morgan fingerprint density at radius 1 is 1.23 bits per heavy atom. The molecule has 4 heteroatoms. The second kappa shape index (κ2) is 5.77. The van der Waals surface area contributed by atoms with Crippen LogP contribution in [0.3, 0.4) is 0 Å². The summed E-state index contributed by atoms with van der Waals surface area (Å²) >= 11 is 0. The minimum Gasteiger partial charge on any atom is -0.507 e. The van der Waals surface area contributed by atoms with Crippen molar-refractivity contribution < 1.29 is 14.6 Å². The monoisotopic (exact) mass is 293 g/mol. The van der Waals surface area contributed by atoms with E-state index >= 15 is 0 Å². The Bertz CT molecular complexity index is 862. The third kappa shape index (κ3) is 2.59. The molecule has 2 aromatic carbocycles. The maximum absolute atomic E-state index is 12.2. The molecule has 0 aliphatic heterocycles. The first-order valence-electron chi connectivity index (χ1n) is 6.84. The van der Waals surface area contributed by atoms with E-state index in [0.717, 1.165) is 16.5 Å². The normalized spacial score (nSPS) is 11.1.